The van der Waals surface area contributed by atoms with Crippen LogP contribution in [-0.4, -0.2) is 29.3 Å². The maximum Gasteiger partial charge on any atom is 0.273 e. The monoisotopic (exact) mass is 578 g/mol. The molecule has 0 aliphatic heterocycles. The number of ether oxygens (including phenoxy) is 1. The first-order chi connectivity index (χ1) is 19.4. The maximum absolute atomic E-state index is 14.3. The summed E-state index contributed by atoms with van der Waals surface area (Å²) in [7, 11) is 1.56. The molecule has 1 aliphatic carbocycles. The number of nitrogens with two attached hydrogens (primary N) is 1. The van der Waals surface area contributed by atoms with E-state index in [4.69, 9.17) is 22.1 Å². The number of hydrogen-bond donors (Lipinski definition) is 2. The molecule has 1 unspecified atom stereocenters. The average molecular weight is 579 g/mol. The van der Waals surface area contributed by atoms with Gasteiger partial charge in [0.15, 0.2) is 0 Å². The summed E-state index contributed by atoms with van der Waals surface area (Å²) in [6.07, 6.45) is 3.86. The summed E-state index contributed by atoms with van der Waals surface area (Å²) >= 11 is 7.11. The number of benzene rings is 3. The van der Waals surface area contributed by atoms with Gasteiger partial charge >= 0.3 is 0 Å². The van der Waals surface area contributed by atoms with E-state index in [9.17, 15) is 14.0 Å². The van der Waals surface area contributed by atoms with E-state index in [1.807, 2.05) is 0 Å². The molecule has 2 amide bonds. The Morgan fingerprint density at radius 1 is 1.05 bits per heavy atom. The van der Waals surface area contributed by atoms with E-state index < -0.39 is 17.8 Å². The molecule has 1 fully saturated rings. The van der Waals surface area contributed by atoms with Crippen LogP contribution in [0.4, 0.5) is 15.8 Å². The zero-order valence-electron chi connectivity index (χ0n) is 21.8. The lowest BCUT2D eigenvalue weighted by atomic mass is 10.0. The normalized spacial score (nSPS) is 14.1. The quantitative estimate of drug-likeness (QED) is 0.244. The number of rotatable bonds is 8. The van der Waals surface area contributed by atoms with Gasteiger partial charge in [-0.3, -0.25) is 14.5 Å². The van der Waals surface area contributed by atoms with Crippen LogP contribution in [0.1, 0.15) is 47.0 Å². The molecule has 0 spiro atoms. The lowest BCUT2D eigenvalue weighted by Crippen LogP contribution is -2.46. The number of methoxy groups -OCH3 is 1. The van der Waals surface area contributed by atoms with E-state index in [1.165, 1.54) is 17.0 Å². The minimum absolute atomic E-state index is 0.0361. The fraction of sp³-hybridized carbons (Fsp3) is 0.233. The molecular weight excluding hydrogens is 551 g/mol. The Morgan fingerprint density at radius 2 is 1.70 bits per heavy atom. The Labute approximate surface area is 240 Å². The van der Waals surface area contributed by atoms with Gasteiger partial charge < -0.3 is 15.8 Å². The molecule has 0 bridgehead atoms. The minimum atomic E-state index is -1.02. The predicted octanol–water partition coefficient (Wildman–Crippen LogP) is 6.64. The van der Waals surface area contributed by atoms with Crippen LogP contribution in [0.25, 0.3) is 11.3 Å². The van der Waals surface area contributed by atoms with Crippen molar-refractivity contribution in [2.24, 2.45) is 0 Å². The highest BCUT2D eigenvalue weighted by molar-refractivity contribution is 7.09. The fourth-order valence-electron chi connectivity index (χ4n) is 4.92. The largest absolute Gasteiger partial charge is 0.497 e. The molecule has 40 heavy (non-hydrogen) atoms. The van der Waals surface area contributed by atoms with Gasteiger partial charge in [0.1, 0.15) is 28.2 Å². The van der Waals surface area contributed by atoms with Crippen molar-refractivity contribution >= 4 is 46.3 Å². The highest BCUT2D eigenvalue weighted by atomic mass is 35.5. The van der Waals surface area contributed by atoms with Gasteiger partial charge in [0.05, 0.1) is 12.8 Å². The van der Waals surface area contributed by atoms with Gasteiger partial charge in [0, 0.05) is 22.3 Å². The highest BCUT2D eigenvalue weighted by Gasteiger charge is 2.36. The van der Waals surface area contributed by atoms with E-state index in [-0.39, 0.29) is 22.5 Å². The van der Waals surface area contributed by atoms with Crippen LogP contribution in [0, 0.1) is 5.82 Å². The molecule has 1 atom stereocenters. The standard InChI is InChI=1S/C30H28ClFN4O3S/c1-39-24-16-8-19(9-17-24)27(29(37)34-22-4-2-3-5-22)36(23-14-10-20(31)11-15-23)30(38)28-25(33)26(35-40-28)18-6-12-21(32)13-7-18/h6-17,22,27H,2-5,33H2,1H3,(H,34,37). The molecule has 7 nitrogen and oxygen atoms in total. The van der Waals surface area contributed by atoms with Crippen molar-refractivity contribution in [2.75, 3.05) is 17.7 Å². The third-order valence-corrected chi connectivity index (χ3v) is 8.11. The van der Waals surface area contributed by atoms with E-state index in [2.05, 4.69) is 9.69 Å². The number of carbonyl (C=O) groups excluding carboxylic acids is 2. The van der Waals surface area contributed by atoms with Gasteiger partial charge in [0.25, 0.3) is 5.91 Å². The van der Waals surface area contributed by atoms with Crippen molar-refractivity contribution in [2.45, 2.75) is 37.8 Å². The Balaban J connectivity index is 1.61. The van der Waals surface area contributed by atoms with Crippen molar-refractivity contribution in [1.82, 2.24) is 9.69 Å². The van der Waals surface area contributed by atoms with Crippen molar-refractivity contribution in [1.29, 1.82) is 0 Å². The number of nitrogens with one attached hydrogen (secondary N) is 1. The molecule has 1 aromatic heterocycles. The second-order valence-corrected chi connectivity index (χ2v) is 10.8. The zero-order chi connectivity index (χ0) is 28.2. The minimum Gasteiger partial charge on any atom is -0.497 e. The van der Waals surface area contributed by atoms with E-state index in [1.54, 1.807) is 67.8 Å². The first kappa shape index (κ1) is 27.6. The first-order valence-electron chi connectivity index (χ1n) is 12.9. The molecule has 4 aromatic rings. The molecule has 1 saturated carbocycles. The third kappa shape index (κ3) is 5.80. The van der Waals surface area contributed by atoms with Gasteiger partial charge in [-0.25, -0.2) is 4.39 Å². The first-order valence-corrected chi connectivity index (χ1v) is 14.1. The summed E-state index contributed by atoms with van der Waals surface area (Å²) in [6, 6.07) is 18.5. The molecule has 3 aromatic carbocycles. The number of nitrogens with zero attached hydrogens (tertiary/aromatic N) is 2. The third-order valence-electron chi connectivity index (χ3n) is 7.00. The summed E-state index contributed by atoms with van der Waals surface area (Å²) in [4.78, 5) is 29.9. The SMILES string of the molecule is COc1ccc(C(C(=O)NC2CCCC2)N(C(=O)c2snc(-c3ccc(F)cc3)c2N)c2ccc(Cl)cc2)cc1. The Bertz CT molecular complexity index is 1490. The average Bonchev–Trinajstić information content (AvgIpc) is 3.62. The van der Waals surface area contributed by atoms with Crippen molar-refractivity contribution in [3.8, 4) is 17.0 Å². The Morgan fingerprint density at radius 3 is 2.33 bits per heavy atom. The van der Waals surface area contributed by atoms with Crippen LogP contribution in [0.5, 0.6) is 5.75 Å². The molecule has 0 radical (unpaired) electrons. The van der Waals surface area contributed by atoms with Crippen LogP contribution in [-0.2, 0) is 4.79 Å². The molecule has 3 N–H and O–H groups in total. The van der Waals surface area contributed by atoms with Gasteiger partial charge in [-0.05, 0) is 90.6 Å². The number of nitrogen functional groups attached to an aromatic ring is 1. The molecule has 5 rings (SSSR count). The summed E-state index contributed by atoms with van der Waals surface area (Å²) in [5.41, 5.74) is 8.65. The van der Waals surface area contributed by atoms with Crippen LogP contribution in [0.3, 0.4) is 0 Å². The summed E-state index contributed by atoms with van der Waals surface area (Å²) < 4.78 is 23.2. The fourth-order valence-corrected chi connectivity index (χ4v) is 5.80. The second-order valence-electron chi connectivity index (χ2n) is 9.60. The van der Waals surface area contributed by atoms with Crippen LogP contribution in [0.2, 0.25) is 5.02 Å². The van der Waals surface area contributed by atoms with Crippen molar-refractivity contribution in [3.63, 3.8) is 0 Å². The Kier molecular flexibility index (Phi) is 8.32. The van der Waals surface area contributed by atoms with E-state index in [0.29, 0.717) is 33.3 Å². The van der Waals surface area contributed by atoms with Gasteiger partial charge in [0.2, 0.25) is 5.91 Å². The van der Waals surface area contributed by atoms with Crippen molar-refractivity contribution in [3.05, 3.63) is 94.1 Å². The molecule has 0 saturated heterocycles. The van der Waals surface area contributed by atoms with Crippen LogP contribution < -0.4 is 20.7 Å². The predicted molar refractivity (Wildman–Crippen MR) is 156 cm³/mol. The number of amides is 2. The summed E-state index contributed by atoms with van der Waals surface area (Å²) in [5, 5.41) is 3.65. The zero-order valence-corrected chi connectivity index (χ0v) is 23.3. The lowest BCUT2D eigenvalue weighted by molar-refractivity contribution is -0.123. The molecular formula is C30H28ClFN4O3S. The van der Waals surface area contributed by atoms with E-state index in [0.717, 1.165) is 37.2 Å². The maximum atomic E-state index is 14.3. The summed E-state index contributed by atoms with van der Waals surface area (Å²) in [5.74, 6) is -0.563. The van der Waals surface area contributed by atoms with Gasteiger partial charge in [-0.15, -0.1) is 0 Å². The van der Waals surface area contributed by atoms with Crippen molar-refractivity contribution < 1.29 is 18.7 Å². The number of carbonyl (C=O) groups is 2. The molecule has 1 heterocycles. The highest BCUT2D eigenvalue weighted by Crippen LogP contribution is 2.37. The summed E-state index contributed by atoms with van der Waals surface area (Å²) in [6.45, 7) is 0. The molecule has 10 heteroatoms. The van der Waals surface area contributed by atoms with E-state index >= 15 is 0 Å². The number of aromatic nitrogens is 1. The Hall–Kier alpha value is -3.95. The van der Waals surface area contributed by atoms with Gasteiger partial charge in [-0.2, -0.15) is 4.37 Å². The van der Waals surface area contributed by atoms with Crippen LogP contribution >= 0.6 is 23.1 Å². The molecule has 1 aliphatic rings. The number of anilines is 2. The number of halogens is 2. The number of hydrogen-bond acceptors (Lipinski definition) is 6. The van der Waals surface area contributed by atoms with Gasteiger partial charge in [-0.1, -0.05) is 36.6 Å². The smallest absolute Gasteiger partial charge is 0.273 e. The topological polar surface area (TPSA) is 97.5 Å². The second kappa shape index (κ2) is 12.1. The lowest BCUT2D eigenvalue weighted by Gasteiger charge is -2.32. The van der Waals surface area contributed by atoms with Crippen LogP contribution in [0.15, 0.2) is 72.8 Å². The molecule has 206 valence electrons.